The van der Waals surface area contributed by atoms with Crippen LogP contribution in [0.3, 0.4) is 0 Å². The molecule has 0 saturated heterocycles. The average molecular weight is 285 g/mol. The highest BCUT2D eigenvalue weighted by Crippen LogP contribution is 2.20. The SMILES string of the molecule is CCSC1=N/C(=C\c2ccc3c(ccn3C)c2)C(=O)N1. The third-order valence-corrected chi connectivity index (χ3v) is 3.92. The third-order valence-electron chi connectivity index (χ3n) is 3.17. The molecule has 1 N–H and O–H groups in total. The van der Waals surface area contributed by atoms with E-state index in [-0.39, 0.29) is 5.91 Å². The summed E-state index contributed by atoms with van der Waals surface area (Å²) in [5.41, 5.74) is 2.63. The summed E-state index contributed by atoms with van der Waals surface area (Å²) < 4.78 is 2.07. The Morgan fingerprint density at radius 3 is 3.05 bits per heavy atom. The molecule has 0 aliphatic carbocycles. The van der Waals surface area contributed by atoms with E-state index < -0.39 is 0 Å². The summed E-state index contributed by atoms with van der Waals surface area (Å²) in [4.78, 5) is 16.1. The molecule has 1 amide bonds. The number of aliphatic imine (C=N–C) groups is 1. The molecule has 3 rings (SSSR count). The summed E-state index contributed by atoms with van der Waals surface area (Å²) in [5, 5.41) is 4.61. The van der Waals surface area contributed by atoms with Crippen LogP contribution >= 0.6 is 11.8 Å². The van der Waals surface area contributed by atoms with E-state index in [0.717, 1.165) is 16.7 Å². The molecule has 0 saturated carbocycles. The Kier molecular flexibility index (Phi) is 3.36. The van der Waals surface area contributed by atoms with Crippen LogP contribution in [0.25, 0.3) is 17.0 Å². The van der Waals surface area contributed by atoms with Gasteiger partial charge in [0.2, 0.25) is 0 Å². The fraction of sp³-hybridized carbons (Fsp3) is 0.200. The summed E-state index contributed by atoms with van der Waals surface area (Å²) in [6.45, 7) is 2.03. The number of carbonyl (C=O) groups excluding carboxylic acids is 1. The van der Waals surface area contributed by atoms with Gasteiger partial charge in [-0.05, 0) is 35.6 Å². The number of aryl methyl sites for hydroxylation is 1. The molecule has 2 aromatic rings. The van der Waals surface area contributed by atoms with Crippen LogP contribution in [0, 0.1) is 0 Å². The lowest BCUT2D eigenvalue weighted by atomic mass is 10.1. The maximum absolute atomic E-state index is 11.8. The van der Waals surface area contributed by atoms with Crippen LogP contribution in [-0.4, -0.2) is 21.4 Å². The van der Waals surface area contributed by atoms with E-state index >= 15 is 0 Å². The first-order chi connectivity index (χ1) is 9.67. The minimum absolute atomic E-state index is 0.130. The zero-order chi connectivity index (χ0) is 14.1. The molecule has 1 aromatic heterocycles. The first-order valence-electron chi connectivity index (χ1n) is 6.47. The summed E-state index contributed by atoms with van der Waals surface area (Å²) in [7, 11) is 2.02. The van der Waals surface area contributed by atoms with E-state index in [0.29, 0.717) is 10.9 Å². The number of benzene rings is 1. The van der Waals surface area contributed by atoms with Crippen LogP contribution in [0.2, 0.25) is 0 Å². The second-order valence-corrected chi connectivity index (χ2v) is 5.83. The van der Waals surface area contributed by atoms with Gasteiger partial charge in [0.15, 0.2) is 5.17 Å². The minimum atomic E-state index is -0.130. The van der Waals surface area contributed by atoms with E-state index in [4.69, 9.17) is 0 Å². The van der Waals surface area contributed by atoms with Gasteiger partial charge in [-0.15, -0.1) is 0 Å². The molecule has 1 aromatic carbocycles. The van der Waals surface area contributed by atoms with Crippen molar-refractivity contribution in [3.8, 4) is 0 Å². The Morgan fingerprint density at radius 2 is 2.25 bits per heavy atom. The van der Waals surface area contributed by atoms with E-state index in [1.165, 1.54) is 17.3 Å². The summed E-state index contributed by atoms with van der Waals surface area (Å²) in [6.07, 6.45) is 3.85. The van der Waals surface area contributed by atoms with Crippen molar-refractivity contribution < 1.29 is 4.79 Å². The monoisotopic (exact) mass is 285 g/mol. The number of nitrogens with one attached hydrogen (secondary N) is 1. The number of rotatable bonds is 2. The van der Waals surface area contributed by atoms with Gasteiger partial charge in [0.05, 0.1) is 0 Å². The lowest BCUT2D eigenvalue weighted by molar-refractivity contribution is -0.115. The molecule has 20 heavy (non-hydrogen) atoms. The van der Waals surface area contributed by atoms with Gasteiger partial charge in [0, 0.05) is 24.1 Å². The zero-order valence-corrected chi connectivity index (χ0v) is 12.2. The van der Waals surface area contributed by atoms with Gasteiger partial charge >= 0.3 is 0 Å². The maximum atomic E-state index is 11.8. The van der Waals surface area contributed by atoms with Crippen molar-refractivity contribution in [3.05, 3.63) is 41.7 Å². The molecule has 0 unspecified atom stereocenters. The summed E-state index contributed by atoms with van der Waals surface area (Å²) in [6, 6.07) is 8.19. The molecule has 102 valence electrons. The maximum Gasteiger partial charge on any atom is 0.275 e. The van der Waals surface area contributed by atoms with Gasteiger partial charge in [-0.1, -0.05) is 24.8 Å². The van der Waals surface area contributed by atoms with Crippen molar-refractivity contribution in [1.82, 2.24) is 9.88 Å². The van der Waals surface area contributed by atoms with Crippen molar-refractivity contribution in [1.29, 1.82) is 0 Å². The highest BCUT2D eigenvalue weighted by atomic mass is 32.2. The Labute approximate surface area is 121 Å². The molecule has 0 atom stereocenters. The topological polar surface area (TPSA) is 46.4 Å². The van der Waals surface area contributed by atoms with Crippen molar-refractivity contribution in [2.45, 2.75) is 6.92 Å². The molecule has 4 nitrogen and oxygen atoms in total. The van der Waals surface area contributed by atoms with Crippen molar-refractivity contribution >= 4 is 39.8 Å². The lowest BCUT2D eigenvalue weighted by Crippen LogP contribution is -2.21. The Morgan fingerprint density at radius 1 is 1.40 bits per heavy atom. The second kappa shape index (κ2) is 5.17. The first-order valence-corrected chi connectivity index (χ1v) is 7.45. The molecule has 0 spiro atoms. The number of aromatic nitrogens is 1. The Hall–Kier alpha value is -2.01. The number of thioether (sulfide) groups is 1. The van der Waals surface area contributed by atoms with Crippen LogP contribution in [-0.2, 0) is 11.8 Å². The van der Waals surface area contributed by atoms with Gasteiger partial charge in [0.1, 0.15) is 5.70 Å². The van der Waals surface area contributed by atoms with Crippen molar-refractivity contribution in [2.24, 2.45) is 12.0 Å². The highest BCUT2D eigenvalue weighted by molar-refractivity contribution is 8.13. The van der Waals surface area contributed by atoms with E-state index in [1.807, 2.05) is 32.3 Å². The third kappa shape index (κ3) is 2.36. The molecular formula is C15H15N3OS. The van der Waals surface area contributed by atoms with Gasteiger partial charge in [-0.2, -0.15) is 0 Å². The largest absolute Gasteiger partial charge is 0.351 e. The van der Waals surface area contributed by atoms with E-state index in [1.54, 1.807) is 0 Å². The van der Waals surface area contributed by atoms with Crippen LogP contribution in [0.5, 0.6) is 0 Å². The first kappa shape index (κ1) is 13.0. The van der Waals surface area contributed by atoms with Gasteiger partial charge in [-0.3, -0.25) is 10.1 Å². The van der Waals surface area contributed by atoms with Crippen molar-refractivity contribution in [3.63, 3.8) is 0 Å². The molecular weight excluding hydrogens is 270 g/mol. The standard InChI is InChI=1S/C15H15N3OS/c1-3-20-15-16-12(14(19)17-15)9-10-4-5-13-11(8-10)6-7-18(13)2/h4-9H,3H2,1-2H3,(H,16,17,19)/b12-9-. The van der Waals surface area contributed by atoms with Crippen LogP contribution < -0.4 is 5.32 Å². The average Bonchev–Trinajstić information content (AvgIpc) is 2.95. The smallest absolute Gasteiger partial charge is 0.275 e. The summed E-state index contributed by atoms with van der Waals surface area (Å²) in [5.74, 6) is 0.761. The predicted octanol–water partition coefficient (Wildman–Crippen LogP) is 2.76. The number of fused-ring (bicyclic) bond motifs is 1. The number of carbonyl (C=O) groups is 1. The molecule has 0 radical (unpaired) electrons. The highest BCUT2D eigenvalue weighted by Gasteiger charge is 2.19. The zero-order valence-electron chi connectivity index (χ0n) is 11.4. The lowest BCUT2D eigenvalue weighted by Gasteiger charge is -1.98. The minimum Gasteiger partial charge on any atom is -0.351 e. The van der Waals surface area contributed by atoms with E-state index in [2.05, 4.69) is 33.1 Å². The normalized spacial score (nSPS) is 16.8. The Bertz CT molecular complexity index is 743. The quantitative estimate of drug-likeness (QED) is 0.862. The molecule has 1 aliphatic heterocycles. The van der Waals surface area contributed by atoms with Crippen molar-refractivity contribution in [2.75, 3.05) is 5.75 Å². The second-order valence-electron chi connectivity index (χ2n) is 4.58. The predicted molar refractivity (Wildman–Crippen MR) is 84.6 cm³/mol. The summed E-state index contributed by atoms with van der Waals surface area (Å²) >= 11 is 1.54. The molecule has 1 aliphatic rings. The number of nitrogens with zero attached hydrogens (tertiary/aromatic N) is 2. The Balaban J connectivity index is 1.95. The number of hydrogen-bond donors (Lipinski definition) is 1. The number of amides is 1. The van der Waals surface area contributed by atoms with Gasteiger partial charge < -0.3 is 4.57 Å². The van der Waals surface area contributed by atoms with Crippen LogP contribution in [0.4, 0.5) is 0 Å². The molecule has 0 fully saturated rings. The van der Waals surface area contributed by atoms with E-state index in [9.17, 15) is 4.79 Å². The van der Waals surface area contributed by atoms with Crippen LogP contribution in [0.1, 0.15) is 12.5 Å². The molecule has 2 heterocycles. The van der Waals surface area contributed by atoms with Gasteiger partial charge in [-0.25, -0.2) is 4.99 Å². The number of amidine groups is 1. The fourth-order valence-electron chi connectivity index (χ4n) is 2.20. The fourth-order valence-corrected chi connectivity index (χ4v) is 2.80. The number of hydrogen-bond acceptors (Lipinski definition) is 3. The van der Waals surface area contributed by atoms with Crippen LogP contribution in [0.15, 0.2) is 41.2 Å². The molecule has 0 bridgehead atoms. The molecule has 5 heteroatoms. The van der Waals surface area contributed by atoms with Gasteiger partial charge in [0.25, 0.3) is 5.91 Å².